The summed E-state index contributed by atoms with van der Waals surface area (Å²) < 4.78 is 28.9. The molecule has 0 fully saturated rings. The van der Waals surface area contributed by atoms with Crippen molar-refractivity contribution in [2.75, 3.05) is 7.11 Å². The van der Waals surface area contributed by atoms with E-state index in [9.17, 15) is 9.18 Å². The third kappa shape index (κ3) is 2.92. The molecular formula is C17H15FN2O4. The van der Waals surface area contributed by atoms with Gasteiger partial charge in [-0.2, -0.15) is 0 Å². The number of carbonyl (C=O) groups is 1. The van der Waals surface area contributed by atoms with E-state index in [2.05, 4.69) is 10.1 Å². The third-order valence-corrected chi connectivity index (χ3v) is 3.55. The molecule has 0 amide bonds. The maximum absolute atomic E-state index is 13.7. The van der Waals surface area contributed by atoms with E-state index in [0.29, 0.717) is 27.9 Å². The van der Waals surface area contributed by atoms with Crippen molar-refractivity contribution >= 4 is 17.1 Å². The van der Waals surface area contributed by atoms with Crippen molar-refractivity contribution in [2.24, 2.45) is 0 Å². The first kappa shape index (κ1) is 15.9. The number of benzene rings is 1. The molecule has 0 bridgehead atoms. The number of aromatic nitrogens is 2. The highest BCUT2D eigenvalue weighted by molar-refractivity contribution is 6.03. The van der Waals surface area contributed by atoms with Gasteiger partial charge >= 0.3 is 5.97 Å². The first-order valence-corrected chi connectivity index (χ1v) is 7.22. The number of halogens is 1. The van der Waals surface area contributed by atoms with E-state index in [0.717, 1.165) is 0 Å². The average Bonchev–Trinajstić information content (AvgIpc) is 2.93. The van der Waals surface area contributed by atoms with Gasteiger partial charge in [-0.15, -0.1) is 0 Å². The molecule has 3 aromatic rings. The SMILES string of the molecule is COc1ccc(COC(=O)c2cc(C)nc3onc(C)c23)cc1F. The van der Waals surface area contributed by atoms with Crippen LogP contribution in [0.2, 0.25) is 0 Å². The Morgan fingerprint density at radius 1 is 1.29 bits per heavy atom. The number of aryl methyl sites for hydroxylation is 2. The molecule has 124 valence electrons. The molecule has 0 aliphatic heterocycles. The van der Waals surface area contributed by atoms with Gasteiger partial charge in [0.15, 0.2) is 11.6 Å². The summed E-state index contributed by atoms with van der Waals surface area (Å²) in [7, 11) is 1.39. The van der Waals surface area contributed by atoms with Crippen LogP contribution in [0.5, 0.6) is 5.75 Å². The maximum atomic E-state index is 13.7. The summed E-state index contributed by atoms with van der Waals surface area (Å²) in [5.74, 6) is -0.923. The Morgan fingerprint density at radius 3 is 2.79 bits per heavy atom. The quantitative estimate of drug-likeness (QED) is 0.683. The fourth-order valence-electron chi connectivity index (χ4n) is 2.40. The zero-order chi connectivity index (χ0) is 17.3. The van der Waals surface area contributed by atoms with Crippen molar-refractivity contribution in [2.45, 2.75) is 20.5 Å². The molecule has 7 heteroatoms. The largest absolute Gasteiger partial charge is 0.494 e. The van der Waals surface area contributed by atoms with E-state index < -0.39 is 11.8 Å². The van der Waals surface area contributed by atoms with Crippen molar-refractivity contribution < 1.29 is 23.2 Å². The highest BCUT2D eigenvalue weighted by atomic mass is 19.1. The summed E-state index contributed by atoms with van der Waals surface area (Å²) in [6.45, 7) is 3.40. The van der Waals surface area contributed by atoms with E-state index in [1.54, 1.807) is 26.0 Å². The maximum Gasteiger partial charge on any atom is 0.339 e. The van der Waals surface area contributed by atoms with Gasteiger partial charge in [0.25, 0.3) is 5.71 Å². The fourth-order valence-corrected chi connectivity index (χ4v) is 2.40. The number of methoxy groups -OCH3 is 1. The second kappa shape index (κ2) is 6.27. The summed E-state index contributed by atoms with van der Waals surface area (Å²) in [6.07, 6.45) is 0. The minimum atomic E-state index is -0.548. The van der Waals surface area contributed by atoms with Gasteiger partial charge in [-0.3, -0.25) is 0 Å². The van der Waals surface area contributed by atoms with Crippen molar-refractivity contribution in [3.63, 3.8) is 0 Å². The number of ether oxygens (including phenoxy) is 2. The predicted octanol–water partition coefficient (Wildman–Crippen LogP) is 3.34. The highest BCUT2D eigenvalue weighted by Gasteiger charge is 2.19. The van der Waals surface area contributed by atoms with Gasteiger partial charge in [0.2, 0.25) is 0 Å². The van der Waals surface area contributed by atoms with Crippen LogP contribution >= 0.6 is 0 Å². The Bertz CT molecular complexity index is 920. The van der Waals surface area contributed by atoms with Crippen LogP contribution in [0.3, 0.4) is 0 Å². The van der Waals surface area contributed by atoms with Crippen LogP contribution in [0.1, 0.15) is 27.3 Å². The van der Waals surface area contributed by atoms with Crippen LogP contribution in [-0.4, -0.2) is 23.2 Å². The molecule has 0 saturated heterocycles. The third-order valence-electron chi connectivity index (χ3n) is 3.55. The van der Waals surface area contributed by atoms with Crippen LogP contribution < -0.4 is 4.74 Å². The lowest BCUT2D eigenvalue weighted by molar-refractivity contribution is 0.0474. The number of hydrogen-bond donors (Lipinski definition) is 0. The second-order valence-electron chi connectivity index (χ2n) is 5.30. The molecule has 0 aliphatic carbocycles. The summed E-state index contributed by atoms with van der Waals surface area (Å²) in [5, 5.41) is 4.34. The molecule has 6 nitrogen and oxygen atoms in total. The van der Waals surface area contributed by atoms with Crippen molar-refractivity contribution in [1.29, 1.82) is 0 Å². The van der Waals surface area contributed by atoms with Gasteiger partial charge in [-0.25, -0.2) is 14.2 Å². The minimum Gasteiger partial charge on any atom is -0.494 e. The molecule has 0 spiro atoms. The number of esters is 1. The van der Waals surface area contributed by atoms with E-state index in [4.69, 9.17) is 14.0 Å². The molecule has 0 aliphatic rings. The van der Waals surface area contributed by atoms with Crippen molar-refractivity contribution in [3.05, 3.63) is 52.6 Å². The molecule has 0 atom stereocenters. The van der Waals surface area contributed by atoms with Crippen LogP contribution in [0.4, 0.5) is 4.39 Å². The molecule has 3 rings (SSSR count). The lowest BCUT2D eigenvalue weighted by atomic mass is 10.1. The summed E-state index contributed by atoms with van der Waals surface area (Å²) >= 11 is 0. The van der Waals surface area contributed by atoms with Gasteiger partial charge < -0.3 is 14.0 Å². The standard InChI is InChI=1S/C17H15FN2O4/c1-9-6-12(15-10(2)20-24-16(15)19-9)17(21)23-8-11-4-5-14(22-3)13(18)7-11/h4-7H,8H2,1-3H3. The minimum absolute atomic E-state index is 0.0626. The molecule has 0 unspecified atom stereocenters. The number of hydrogen-bond acceptors (Lipinski definition) is 6. The molecule has 0 radical (unpaired) electrons. The Kier molecular flexibility index (Phi) is 4.16. The lowest BCUT2D eigenvalue weighted by Gasteiger charge is -2.08. The Hall–Kier alpha value is -2.96. The lowest BCUT2D eigenvalue weighted by Crippen LogP contribution is -2.07. The van der Waals surface area contributed by atoms with Crippen molar-refractivity contribution in [1.82, 2.24) is 10.1 Å². The fraction of sp³-hybridized carbons (Fsp3) is 0.235. The molecule has 2 heterocycles. The highest BCUT2D eigenvalue weighted by Crippen LogP contribution is 2.23. The molecule has 2 aromatic heterocycles. The van der Waals surface area contributed by atoms with Gasteiger partial charge in [0.05, 0.1) is 23.8 Å². The van der Waals surface area contributed by atoms with Crippen LogP contribution in [0, 0.1) is 19.7 Å². The average molecular weight is 330 g/mol. The Balaban J connectivity index is 1.83. The zero-order valence-electron chi connectivity index (χ0n) is 13.4. The number of rotatable bonds is 4. The molecule has 0 saturated carbocycles. The summed E-state index contributed by atoms with van der Waals surface area (Å²) in [5.41, 5.74) is 2.30. The van der Waals surface area contributed by atoms with E-state index in [-0.39, 0.29) is 18.1 Å². The number of pyridine rings is 1. The zero-order valence-corrected chi connectivity index (χ0v) is 13.4. The Labute approximate surface area is 137 Å². The molecule has 1 aromatic carbocycles. The number of fused-ring (bicyclic) bond motifs is 1. The number of carbonyl (C=O) groups excluding carboxylic acids is 1. The van der Waals surface area contributed by atoms with Crippen LogP contribution in [-0.2, 0) is 11.3 Å². The van der Waals surface area contributed by atoms with Gasteiger partial charge in [0.1, 0.15) is 6.61 Å². The summed E-state index contributed by atoms with van der Waals surface area (Å²) in [6, 6.07) is 6.00. The smallest absolute Gasteiger partial charge is 0.339 e. The van der Waals surface area contributed by atoms with Crippen LogP contribution in [0.15, 0.2) is 28.8 Å². The van der Waals surface area contributed by atoms with Crippen LogP contribution in [0.25, 0.3) is 11.1 Å². The first-order valence-electron chi connectivity index (χ1n) is 7.22. The monoisotopic (exact) mass is 330 g/mol. The van der Waals surface area contributed by atoms with Gasteiger partial charge in [-0.05, 0) is 37.6 Å². The number of nitrogens with zero attached hydrogens (tertiary/aromatic N) is 2. The van der Waals surface area contributed by atoms with Crippen molar-refractivity contribution in [3.8, 4) is 5.75 Å². The molecule has 24 heavy (non-hydrogen) atoms. The van der Waals surface area contributed by atoms with Gasteiger partial charge in [-0.1, -0.05) is 11.2 Å². The van der Waals surface area contributed by atoms with Gasteiger partial charge in [0, 0.05) is 5.69 Å². The topological polar surface area (TPSA) is 74.5 Å². The normalized spacial score (nSPS) is 10.8. The first-order chi connectivity index (χ1) is 11.5. The summed E-state index contributed by atoms with van der Waals surface area (Å²) in [4.78, 5) is 16.6. The Morgan fingerprint density at radius 2 is 2.08 bits per heavy atom. The van der Waals surface area contributed by atoms with E-state index in [1.165, 1.54) is 19.2 Å². The second-order valence-corrected chi connectivity index (χ2v) is 5.30. The molecular weight excluding hydrogens is 315 g/mol. The van der Waals surface area contributed by atoms with E-state index in [1.807, 2.05) is 0 Å². The van der Waals surface area contributed by atoms with E-state index >= 15 is 0 Å². The predicted molar refractivity (Wildman–Crippen MR) is 83.3 cm³/mol. The molecule has 0 N–H and O–H groups in total.